The summed E-state index contributed by atoms with van der Waals surface area (Å²) in [5, 5.41) is 5.70. The van der Waals surface area contributed by atoms with Gasteiger partial charge in [0.2, 0.25) is 5.91 Å². The van der Waals surface area contributed by atoms with E-state index in [1.54, 1.807) is 35.2 Å². The van der Waals surface area contributed by atoms with Gasteiger partial charge in [-0.25, -0.2) is 4.39 Å². The highest BCUT2D eigenvalue weighted by Crippen LogP contribution is 2.25. The molecule has 1 unspecified atom stereocenters. The number of hydrogen-bond donors (Lipinski definition) is 2. The van der Waals surface area contributed by atoms with Gasteiger partial charge >= 0.3 is 0 Å². The molecule has 100 valence electrons. The number of hydrogen-bond acceptors (Lipinski definition) is 4. The van der Waals surface area contributed by atoms with Gasteiger partial charge in [-0.05, 0) is 25.1 Å². The van der Waals surface area contributed by atoms with Crippen molar-refractivity contribution >= 4 is 28.6 Å². The molecule has 0 saturated carbocycles. The van der Waals surface area contributed by atoms with Crippen LogP contribution in [0.4, 0.5) is 15.8 Å². The molecular formula is C13H14FN3OS. The summed E-state index contributed by atoms with van der Waals surface area (Å²) in [6.07, 6.45) is 1.79. The number of carbonyl (C=O) groups is 1. The second-order valence-corrected chi connectivity index (χ2v) is 5.06. The monoisotopic (exact) mass is 279 g/mol. The average molecular weight is 279 g/mol. The molecule has 1 amide bonds. The van der Waals surface area contributed by atoms with Gasteiger partial charge in [0.1, 0.15) is 5.82 Å². The zero-order chi connectivity index (χ0) is 13.8. The molecule has 1 heterocycles. The number of halogens is 1. The third kappa shape index (κ3) is 3.51. The van der Waals surface area contributed by atoms with Gasteiger partial charge in [-0.3, -0.25) is 9.78 Å². The number of carbonyl (C=O) groups excluding carboxylic acids is 1. The van der Waals surface area contributed by atoms with Gasteiger partial charge in [-0.15, -0.1) is 11.3 Å². The predicted molar refractivity (Wildman–Crippen MR) is 74.9 cm³/mol. The van der Waals surface area contributed by atoms with Crippen LogP contribution in [0.1, 0.15) is 24.8 Å². The number of nitrogens with one attached hydrogen (secondary N) is 2. The molecular weight excluding hydrogens is 265 g/mol. The third-order valence-corrected chi connectivity index (χ3v) is 3.50. The Hall–Kier alpha value is -1.95. The smallest absolute Gasteiger partial charge is 0.221 e. The second kappa shape index (κ2) is 5.79. The molecule has 2 aromatic rings. The van der Waals surface area contributed by atoms with E-state index >= 15 is 0 Å². The highest BCUT2D eigenvalue weighted by molar-refractivity contribution is 7.09. The minimum Gasteiger partial charge on any atom is -0.378 e. The quantitative estimate of drug-likeness (QED) is 0.901. The molecule has 0 radical (unpaired) electrons. The van der Waals surface area contributed by atoms with Gasteiger partial charge in [-0.1, -0.05) is 0 Å². The van der Waals surface area contributed by atoms with Gasteiger partial charge in [0.25, 0.3) is 0 Å². The van der Waals surface area contributed by atoms with Crippen LogP contribution in [-0.2, 0) is 4.79 Å². The Kier molecular flexibility index (Phi) is 4.11. The molecule has 4 nitrogen and oxygen atoms in total. The highest BCUT2D eigenvalue weighted by atomic mass is 32.1. The first-order chi connectivity index (χ1) is 9.06. The zero-order valence-electron chi connectivity index (χ0n) is 10.6. The summed E-state index contributed by atoms with van der Waals surface area (Å²) >= 11 is 1.55. The lowest BCUT2D eigenvalue weighted by Crippen LogP contribution is -2.09. The van der Waals surface area contributed by atoms with Gasteiger partial charge in [0.15, 0.2) is 0 Å². The minimum absolute atomic E-state index is 0.0724. The van der Waals surface area contributed by atoms with Crippen LogP contribution in [0.3, 0.4) is 0 Å². The van der Waals surface area contributed by atoms with Crippen LogP contribution in [0.5, 0.6) is 0 Å². The fourth-order valence-electron chi connectivity index (χ4n) is 1.66. The molecule has 0 bridgehead atoms. The Morgan fingerprint density at radius 1 is 1.47 bits per heavy atom. The summed E-state index contributed by atoms with van der Waals surface area (Å²) in [7, 11) is 0. The molecule has 0 spiro atoms. The van der Waals surface area contributed by atoms with Crippen molar-refractivity contribution in [1.82, 2.24) is 4.98 Å². The van der Waals surface area contributed by atoms with E-state index in [0.717, 1.165) is 10.6 Å². The Labute approximate surface area is 114 Å². The van der Waals surface area contributed by atoms with Crippen LogP contribution < -0.4 is 10.6 Å². The lowest BCUT2D eigenvalue weighted by atomic mass is 10.2. The molecule has 19 heavy (non-hydrogen) atoms. The van der Waals surface area contributed by atoms with Crippen molar-refractivity contribution in [1.29, 1.82) is 0 Å². The Morgan fingerprint density at radius 3 is 2.89 bits per heavy atom. The highest BCUT2D eigenvalue weighted by Gasteiger charge is 2.09. The Morgan fingerprint density at radius 2 is 2.26 bits per heavy atom. The SMILES string of the molecule is CC(=O)Nc1cc(NC(C)c2cncs2)ccc1F. The van der Waals surface area contributed by atoms with Crippen LogP contribution >= 0.6 is 11.3 Å². The van der Waals surface area contributed by atoms with Crippen LogP contribution in [0, 0.1) is 5.82 Å². The zero-order valence-corrected chi connectivity index (χ0v) is 11.4. The minimum atomic E-state index is -0.453. The lowest BCUT2D eigenvalue weighted by Gasteiger charge is -2.14. The molecule has 0 saturated heterocycles. The first kappa shape index (κ1) is 13.5. The van der Waals surface area contributed by atoms with E-state index in [1.807, 2.05) is 6.92 Å². The molecule has 1 aromatic carbocycles. The van der Waals surface area contributed by atoms with Crippen molar-refractivity contribution in [2.45, 2.75) is 19.9 Å². The van der Waals surface area contributed by atoms with Crippen molar-refractivity contribution in [2.24, 2.45) is 0 Å². The largest absolute Gasteiger partial charge is 0.378 e. The van der Waals surface area contributed by atoms with Crippen LogP contribution in [0.2, 0.25) is 0 Å². The van der Waals surface area contributed by atoms with Gasteiger partial charge in [-0.2, -0.15) is 0 Å². The number of aromatic nitrogens is 1. The van der Waals surface area contributed by atoms with E-state index in [-0.39, 0.29) is 17.6 Å². The average Bonchev–Trinajstić information content (AvgIpc) is 2.86. The van der Waals surface area contributed by atoms with E-state index in [9.17, 15) is 9.18 Å². The summed E-state index contributed by atoms with van der Waals surface area (Å²) in [5.41, 5.74) is 2.68. The molecule has 1 aromatic heterocycles. The Bertz CT molecular complexity index is 571. The topological polar surface area (TPSA) is 54.0 Å². The van der Waals surface area contributed by atoms with Crippen molar-refractivity contribution in [3.05, 3.63) is 40.6 Å². The van der Waals surface area contributed by atoms with E-state index in [4.69, 9.17) is 0 Å². The van der Waals surface area contributed by atoms with Crippen molar-refractivity contribution in [2.75, 3.05) is 10.6 Å². The summed E-state index contributed by atoms with van der Waals surface area (Å²) < 4.78 is 13.5. The standard InChI is InChI=1S/C13H14FN3OS/c1-8(13-6-15-7-19-13)16-10-3-4-11(14)12(5-10)17-9(2)18/h3-8,16H,1-2H3,(H,17,18). The number of anilines is 2. The number of thiazole rings is 1. The maximum absolute atomic E-state index is 13.5. The van der Waals surface area contributed by atoms with Crippen LogP contribution in [-0.4, -0.2) is 10.9 Å². The molecule has 6 heteroatoms. The van der Waals surface area contributed by atoms with Crippen molar-refractivity contribution in [3.63, 3.8) is 0 Å². The predicted octanol–water partition coefficient (Wildman–Crippen LogP) is 3.41. The van der Waals surface area contributed by atoms with E-state index in [1.165, 1.54) is 13.0 Å². The van der Waals surface area contributed by atoms with E-state index in [0.29, 0.717) is 0 Å². The molecule has 0 aliphatic rings. The summed E-state index contributed by atoms with van der Waals surface area (Å²) in [5.74, 6) is -0.752. The maximum atomic E-state index is 13.5. The van der Waals surface area contributed by atoms with Gasteiger partial charge < -0.3 is 10.6 Å². The third-order valence-electron chi connectivity index (χ3n) is 2.54. The van der Waals surface area contributed by atoms with Gasteiger partial charge in [0, 0.05) is 23.7 Å². The maximum Gasteiger partial charge on any atom is 0.221 e. The number of benzene rings is 1. The summed E-state index contributed by atoms with van der Waals surface area (Å²) in [6.45, 7) is 3.34. The molecule has 2 rings (SSSR count). The first-order valence-electron chi connectivity index (χ1n) is 5.78. The summed E-state index contributed by atoms with van der Waals surface area (Å²) in [4.78, 5) is 16.1. The molecule has 1 atom stereocenters. The van der Waals surface area contributed by atoms with Gasteiger partial charge in [0.05, 0.1) is 17.2 Å². The van der Waals surface area contributed by atoms with E-state index < -0.39 is 5.82 Å². The first-order valence-corrected chi connectivity index (χ1v) is 6.66. The fraction of sp³-hybridized carbons (Fsp3) is 0.231. The lowest BCUT2D eigenvalue weighted by molar-refractivity contribution is -0.114. The molecule has 0 aliphatic carbocycles. The molecule has 2 N–H and O–H groups in total. The number of amides is 1. The van der Waals surface area contributed by atoms with Crippen molar-refractivity contribution in [3.8, 4) is 0 Å². The van der Waals surface area contributed by atoms with Crippen LogP contribution in [0.15, 0.2) is 29.9 Å². The van der Waals surface area contributed by atoms with Crippen LogP contribution in [0.25, 0.3) is 0 Å². The normalized spacial score (nSPS) is 11.9. The molecule has 0 fully saturated rings. The summed E-state index contributed by atoms with van der Waals surface area (Å²) in [6, 6.07) is 4.61. The fourth-order valence-corrected chi connectivity index (χ4v) is 2.29. The van der Waals surface area contributed by atoms with Crippen molar-refractivity contribution < 1.29 is 9.18 Å². The molecule has 0 aliphatic heterocycles. The second-order valence-electron chi connectivity index (χ2n) is 4.15. The van der Waals surface area contributed by atoms with E-state index in [2.05, 4.69) is 15.6 Å². The Balaban J connectivity index is 2.14. The number of rotatable bonds is 4. The number of nitrogens with zero attached hydrogens (tertiary/aromatic N) is 1.